The van der Waals surface area contributed by atoms with E-state index in [9.17, 15) is 0 Å². The second-order valence-corrected chi connectivity index (χ2v) is 7.32. The average Bonchev–Trinajstić information content (AvgIpc) is 3.02. The summed E-state index contributed by atoms with van der Waals surface area (Å²) in [7, 11) is 0. The zero-order chi connectivity index (χ0) is 18.6. The summed E-state index contributed by atoms with van der Waals surface area (Å²) < 4.78 is 8.06. The quantitative estimate of drug-likeness (QED) is 0.622. The predicted octanol–water partition coefficient (Wildman–Crippen LogP) is 3.97. The first-order valence-corrected chi connectivity index (χ1v) is 9.67. The summed E-state index contributed by atoms with van der Waals surface area (Å²) in [5.41, 5.74) is 3.77. The molecule has 0 saturated carbocycles. The number of ether oxygens (including phenoxy) is 1. The molecule has 2 aromatic carbocycles. The van der Waals surface area contributed by atoms with E-state index in [1.54, 1.807) is 0 Å². The minimum absolute atomic E-state index is 0.230. The van der Waals surface area contributed by atoms with E-state index in [0.717, 1.165) is 44.9 Å². The van der Waals surface area contributed by atoms with Crippen molar-refractivity contribution in [2.45, 2.75) is 32.5 Å². The topological polar surface area (TPSA) is 30.3 Å². The van der Waals surface area contributed by atoms with Crippen LogP contribution in [0.3, 0.4) is 0 Å². The van der Waals surface area contributed by atoms with E-state index in [2.05, 4.69) is 72.2 Å². The molecule has 0 aliphatic carbocycles. The lowest BCUT2D eigenvalue weighted by Gasteiger charge is -2.33. The molecule has 3 aromatic rings. The van der Waals surface area contributed by atoms with Crippen LogP contribution in [-0.4, -0.2) is 40.5 Å². The molecule has 4 rings (SSSR count). The monoisotopic (exact) mass is 361 g/mol. The van der Waals surface area contributed by atoms with Crippen LogP contribution in [-0.2, 0) is 24.2 Å². The molecule has 1 aromatic heterocycles. The zero-order valence-electron chi connectivity index (χ0n) is 16.0. The van der Waals surface area contributed by atoms with Gasteiger partial charge in [-0.1, -0.05) is 48.5 Å². The van der Waals surface area contributed by atoms with Crippen molar-refractivity contribution in [2.24, 2.45) is 0 Å². The number of benzene rings is 2. The minimum atomic E-state index is 0.230. The highest BCUT2D eigenvalue weighted by atomic mass is 16.5. The number of allylic oxidation sites excluding steroid dienone is 1. The van der Waals surface area contributed by atoms with Gasteiger partial charge in [0, 0.05) is 37.8 Å². The highest BCUT2D eigenvalue weighted by Gasteiger charge is 2.22. The Morgan fingerprint density at radius 1 is 1.19 bits per heavy atom. The maximum absolute atomic E-state index is 6.10. The van der Waals surface area contributed by atoms with Crippen molar-refractivity contribution in [2.75, 3.05) is 19.7 Å². The molecular weight excluding hydrogens is 334 g/mol. The molecule has 140 valence electrons. The molecule has 27 heavy (non-hydrogen) atoms. The standard InChI is InChI=1S/C23H27N3O/c1-3-11-26-16-21(18(2)24-26)15-25-12-13-27-22(17-25)14-20-9-6-8-19-7-4-5-10-23(19)20/h3-10,16,22H,1,11-15,17H2,2H3/t22-/m0/s1. The molecule has 2 heterocycles. The third-order valence-electron chi connectivity index (χ3n) is 5.31. The Bertz CT molecular complexity index is 925. The molecule has 1 aliphatic heterocycles. The van der Waals surface area contributed by atoms with Crippen molar-refractivity contribution in [3.05, 3.63) is 78.1 Å². The lowest BCUT2D eigenvalue weighted by atomic mass is 9.99. The van der Waals surface area contributed by atoms with Gasteiger partial charge in [0.2, 0.25) is 0 Å². The smallest absolute Gasteiger partial charge is 0.0743 e. The fourth-order valence-electron chi connectivity index (χ4n) is 3.94. The van der Waals surface area contributed by atoms with Crippen LogP contribution in [0.5, 0.6) is 0 Å². The molecular formula is C23H27N3O. The van der Waals surface area contributed by atoms with Gasteiger partial charge in [-0.25, -0.2) is 0 Å². The summed E-state index contributed by atoms with van der Waals surface area (Å²) in [6, 6.07) is 15.2. The van der Waals surface area contributed by atoms with Crippen molar-refractivity contribution in [3.63, 3.8) is 0 Å². The fraction of sp³-hybridized carbons (Fsp3) is 0.348. The number of aryl methyl sites for hydroxylation is 1. The van der Waals surface area contributed by atoms with Gasteiger partial charge < -0.3 is 4.74 Å². The predicted molar refractivity (Wildman–Crippen MR) is 110 cm³/mol. The van der Waals surface area contributed by atoms with Crippen LogP contribution in [0, 0.1) is 6.92 Å². The number of morpholine rings is 1. The maximum atomic E-state index is 6.10. The van der Waals surface area contributed by atoms with Crippen molar-refractivity contribution < 1.29 is 4.74 Å². The number of hydrogen-bond donors (Lipinski definition) is 0. The number of fused-ring (bicyclic) bond motifs is 1. The van der Waals surface area contributed by atoms with Gasteiger partial charge in [0.15, 0.2) is 0 Å². The molecule has 0 amide bonds. The first-order valence-electron chi connectivity index (χ1n) is 9.67. The largest absolute Gasteiger partial charge is 0.375 e. The van der Waals surface area contributed by atoms with Crippen LogP contribution in [0.2, 0.25) is 0 Å². The van der Waals surface area contributed by atoms with Gasteiger partial charge >= 0.3 is 0 Å². The van der Waals surface area contributed by atoms with Gasteiger partial charge in [-0.3, -0.25) is 9.58 Å². The molecule has 0 bridgehead atoms. The van der Waals surface area contributed by atoms with Crippen LogP contribution in [0.25, 0.3) is 10.8 Å². The Labute approximate surface area is 161 Å². The van der Waals surface area contributed by atoms with Gasteiger partial charge in [0.05, 0.1) is 24.9 Å². The SMILES string of the molecule is C=CCn1cc(CN2CCO[C@@H](Cc3cccc4ccccc34)C2)c(C)n1. The number of aromatic nitrogens is 2. The van der Waals surface area contributed by atoms with Crippen molar-refractivity contribution in [3.8, 4) is 0 Å². The molecule has 1 saturated heterocycles. The molecule has 0 unspecified atom stereocenters. The summed E-state index contributed by atoms with van der Waals surface area (Å²) in [6.07, 6.45) is 5.21. The summed E-state index contributed by atoms with van der Waals surface area (Å²) in [6.45, 7) is 10.3. The molecule has 4 heteroatoms. The van der Waals surface area contributed by atoms with Crippen molar-refractivity contribution in [1.82, 2.24) is 14.7 Å². The Morgan fingerprint density at radius 2 is 2.04 bits per heavy atom. The molecule has 1 atom stereocenters. The average molecular weight is 361 g/mol. The molecule has 0 spiro atoms. The van der Waals surface area contributed by atoms with Crippen LogP contribution >= 0.6 is 0 Å². The second kappa shape index (κ2) is 8.07. The van der Waals surface area contributed by atoms with Gasteiger partial charge in [-0.05, 0) is 23.3 Å². The molecule has 1 fully saturated rings. The van der Waals surface area contributed by atoms with Crippen LogP contribution in [0.1, 0.15) is 16.8 Å². The number of nitrogens with zero attached hydrogens (tertiary/aromatic N) is 3. The number of rotatable bonds is 6. The first kappa shape index (κ1) is 18.0. The van der Waals surface area contributed by atoms with E-state index in [0.29, 0.717) is 0 Å². The Balaban J connectivity index is 1.44. The molecule has 0 radical (unpaired) electrons. The highest BCUT2D eigenvalue weighted by molar-refractivity contribution is 5.85. The van der Waals surface area contributed by atoms with Gasteiger partial charge in [0.1, 0.15) is 0 Å². The summed E-state index contributed by atoms with van der Waals surface area (Å²) in [5.74, 6) is 0. The van der Waals surface area contributed by atoms with E-state index in [1.165, 1.54) is 21.9 Å². The van der Waals surface area contributed by atoms with Crippen LogP contribution in [0.15, 0.2) is 61.3 Å². The number of hydrogen-bond acceptors (Lipinski definition) is 3. The lowest BCUT2D eigenvalue weighted by Crippen LogP contribution is -2.42. The lowest BCUT2D eigenvalue weighted by molar-refractivity contribution is -0.0304. The van der Waals surface area contributed by atoms with E-state index in [1.807, 2.05) is 10.8 Å². The molecule has 1 aliphatic rings. The van der Waals surface area contributed by atoms with Crippen LogP contribution in [0.4, 0.5) is 0 Å². The van der Waals surface area contributed by atoms with Crippen LogP contribution < -0.4 is 0 Å². The highest BCUT2D eigenvalue weighted by Crippen LogP contribution is 2.22. The minimum Gasteiger partial charge on any atom is -0.375 e. The Kier molecular flexibility index (Phi) is 5.37. The van der Waals surface area contributed by atoms with Gasteiger partial charge in [-0.2, -0.15) is 5.10 Å². The second-order valence-electron chi connectivity index (χ2n) is 7.32. The van der Waals surface area contributed by atoms with E-state index in [4.69, 9.17) is 4.74 Å². The Morgan fingerprint density at radius 3 is 2.93 bits per heavy atom. The van der Waals surface area contributed by atoms with E-state index in [-0.39, 0.29) is 6.10 Å². The summed E-state index contributed by atoms with van der Waals surface area (Å²) >= 11 is 0. The van der Waals surface area contributed by atoms with E-state index >= 15 is 0 Å². The third kappa shape index (κ3) is 4.12. The van der Waals surface area contributed by atoms with Gasteiger partial charge in [0.25, 0.3) is 0 Å². The fourth-order valence-corrected chi connectivity index (χ4v) is 3.94. The first-order chi connectivity index (χ1) is 13.2. The normalized spacial score (nSPS) is 18.0. The van der Waals surface area contributed by atoms with Gasteiger partial charge in [-0.15, -0.1) is 6.58 Å². The van der Waals surface area contributed by atoms with Crippen molar-refractivity contribution in [1.29, 1.82) is 0 Å². The zero-order valence-corrected chi connectivity index (χ0v) is 16.0. The van der Waals surface area contributed by atoms with Crippen molar-refractivity contribution >= 4 is 10.8 Å². The maximum Gasteiger partial charge on any atom is 0.0743 e. The molecule has 0 N–H and O–H groups in total. The van der Waals surface area contributed by atoms with E-state index < -0.39 is 0 Å². The Hall–Kier alpha value is -2.43. The third-order valence-corrected chi connectivity index (χ3v) is 5.31. The summed E-state index contributed by atoms with van der Waals surface area (Å²) in [4.78, 5) is 2.49. The molecule has 4 nitrogen and oxygen atoms in total. The summed E-state index contributed by atoms with van der Waals surface area (Å²) in [5, 5.41) is 7.21.